The highest BCUT2D eigenvalue weighted by atomic mass is 127. The maximum absolute atomic E-state index is 5.88. The summed E-state index contributed by atoms with van der Waals surface area (Å²) in [4.78, 5) is 4.72. The summed E-state index contributed by atoms with van der Waals surface area (Å²) in [6.45, 7) is 4.17. The zero-order valence-electron chi connectivity index (χ0n) is 14.6. The third kappa shape index (κ3) is 6.57. The molecule has 0 radical (unpaired) electrons. The predicted octanol–water partition coefficient (Wildman–Crippen LogP) is 4.10. The highest BCUT2D eigenvalue weighted by molar-refractivity contribution is 14.0. The summed E-state index contributed by atoms with van der Waals surface area (Å²) in [5, 5.41) is 6.76. The third-order valence-electron chi connectivity index (χ3n) is 3.93. The first kappa shape index (κ1) is 19.6. The minimum Gasteiger partial charge on any atom is -0.489 e. The molecule has 3 rings (SSSR count). The molecule has 4 nitrogen and oxygen atoms in total. The van der Waals surface area contributed by atoms with Crippen molar-refractivity contribution >= 4 is 29.9 Å². The molecule has 0 bridgehead atoms. The van der Waals surface area contributed by atoms with Crippen molar-refractivity contribution in [2.45, 2.75) is 39.0 Å². The molecule has 0 amide bonds. The average molecular weight is 451 g/mol. The Hall–Kier alpha value is -1.76. The van der Waals surface area contributed by atoms with Crippen LogP contribution in [0, 0.1) is 0 Å². The van der Waals surface area contributed by atoms with Crippen molar-refractivity contribution in [3.05, 3.63) is 65.7 Å². The zero-order chi connectivity index (χ0) is 16.6. The van der Waals surface area contributed by atoms with Gasteiger partial charge in [-0.15, -0.1) is 24.0 Å². The second-order valence-electron chi connectivity index (χ2n) is 5.98. The Morgan fingerprint density at radius 2 is 1.72 bits per heavy atom. The lowest BCUT2D eigenvalue weighted by molar-refractivity contribution is 0.305. The van der Waals surface area contributed by atoms with Crippen molar-refractivity contribution in [1.29, 1.82) is 0 Å². The van der Waals surface area contributed by atoms with E-state index in [9.17, 15) is 0 Å². The van der Waals surface area contributed by atoms with E-state index in [4.69, 9.17) is 9.73 Å². The van der Waals surface area contributed by atoms with Gasteiger partial charge in [0.25, 0.3) is 0 Å². The molecule has 0 atom stereocenters. The number of benzene rings is 2. The number of ether oxygens (including phenoxy) is 1. The van der Waals surface area contributed by atoms with E-state index in [1.165, 1.54) is 24.0 Å². The maximum Gasteiger partial charge on any atom is 0.191 e. The van der Waals surface area contributed by atoms with Crippen molar-refractivity contribution in [3.63, 3.8) is 0 Å². The molecule has 1 aliphatic carbocycles. The van der Waals surface area contributed by atoms with Gasteiger partial charge < -0.3 is 15.4 Å². The molecule has 0 aliphatic heterocycles. The molecule has 25 heavy (non-hydrogen) atoms. The number of rotatable bonds is 7. The third-order valence-corrected chi connectivity index (χ3v) is 3.93. The highest BCUT2D eigenvalue weighted by Gasteiger charge is 2.22. The fraction of sp³-hybridized carbons (Fsp3) is 0.350. The average Bonchev–Trinajstić information content (AvgIpc) is 3.44. The van der Waals surface area contributed by atoms with Crippen LogP contribution in [0.5, 0.6) is 5.75 Å². The summed E-state index contributed by atoms with van der Waals surface area (Å²) in [5.41, 5.74) is 2.37. The largest absolute Gasteiger partial charge is 0.489 e. The van der Waals surface area contributed by atoms with E-state index in [1.807, 2.05) is 36.4 Å². The molecule has 2 aromatic carbocycles. The number of guanidine groups is 1. The number of aliphatic imine (C=N–C) groups is 1. The van der Waals surface area contributed by atoms with Crippen LogP contribution >= 0.6 is 24.0 Å². The minimum atomic E-state index is 0. The molecule has 5 heteroatoms. The van der Waals surface area contributed by atoms with Gasteiger partial charge in [0.05, 0.1) is 6.54 Å². The minimum absolute atomic E-state index is 0. The Morgan fingerprint density at radius 3 is 2.40 bits per heavy atom. The first-order chi connectivity index (χ1) is 11.8. The smallest absolute Gasteiger partial charge is 0.191 e. The molecule has 134 valence electrons. The predicted molar refractivity (Wildman–Crippen MR) is 114 cm³/mol. The van der Waals surface area contributed by atoms with E-state index in [0.717, 1.165) is 18.3 Å². The normalized spacial score (nSPS) is 13.7. The molecule has 1 saturated carbocycles. The molecule has 0 spiro atoms. The van der Waals surface area contributed by atoms with Crippen LogP contribution in [0.4, 0.5) is 0 Å². The Morgan fingerprint density at radius 1 is 1.04 bits per heavy atom. The maximum atomic E-state index is 5.88. The van der Waals surface area contributed by atoms with Crippen LogP contribution in [0.2, 0.25) is 0 Å². The monoisotopic (exact) mass is 451 g/mol. The Bertz CT molecular complexity index is 672. The summed E-state index contributed by atoms with van der Waals surface area (Å²) >= 11 is 0. The van der Waals surface area contributed by atoms with Gasteiger partial charge in [-0.2, -0.15) is 0 Å². The topological polar surface area (TPSA) is 45.7 Å². The molecule has 1 aliphatic rings. The fourth-order valence-corrected chi connectivity index (χ4v) is 2.44. The van der Waals surface area contributed by atoms with Crippen molar-refractivity contribution in [2.24, 2.45) is 4.99 Å². The first-order valence-corrected chi connectivity index (χ1v) is 8.64. The van der Waals surface area contributed by atoms with Crippen molar-refractivity contribution < 1.29 is 4.74 Å². The van der Waals surface area contributed by atoms with Crippen molar-refractivity contribution in [2.75, 3.05) is 6.54 Å². The van der Waals surface area contributed by atoms with E-state index >= 15 is 0 Å². The molecule has 0 aromatic heterocycles. The van der Waals surface area contributed by atoms with E-state index in [0.29, 0.717) is 19.2 Å². The van der Waals surface area contributed by atoms with Gasteiger partial charge in [0.1, 0.15) is 12.4 Å². The standard InChI is InChI=1S/C20H25N3O.HI/c1-2-21-20(23-18-12-13-18)22-14-16-8-6-7-9-17(16)15-24-19-10-4-3-5-11-19;/h3-11,18H,2,12-15H2,1H3,(H2,21,22,23);1H. The fourth-order valence-electron chi connectivity index (χ4n) is 2.44. The lowest BCUT2D eigenvalue weighted by atomic mass is 10.1. The molecule has 2 aromatic rings. The second-order valence-corrected chi connectivity index (χ2v) is 5.98. The number of hydrogen-bond donors (Lipinski definition) is 2. The zero-order valence-corrected chi connectivity index (χ0v) is 16.9. The van der Waals surface area contributed by atoms with Gasteiger partial charge in [0.15, 0.2) is 5.96 Å². The summed E-state index contributed by atoms with van der Waals surface area (Å²) in [5.74, 6) is 1.79. The van der Waals surface area contributed by atoms with Gasteiger partial charge in [-0.3, -0.25) is 0 Å². The van der Waals surface area contributed by atoms with E-state index < -0.39 is 0 Å². The van der Waals surface area contributed by atoms with E-state index in [1.54, 1.807) is 0 Å². The Labute approximate surface area is 167 Å². The van der Waals surface area contributed by atoms with Gasteiger partial charge in [0.2, 0.25) is 0 Å². The van der Waals surface area contributed by atoms with Crippen LogP contribution in [0.3, 0.4) is 0 Å². The van der Waals surface area contributed by atoms with Crippen LogP contribution < -0.4 is 15.4 Å². The molecule has 0 saturated heterocycles. The van der Waals surface area contributed by atoms with Gasteiger partial charge in [0, 0.05) is 12.6 Å². The van der Waals surface area contributed by atoms with Crippen LogP contribution in [-0.2, 0) is 13.2 Å². The van der Waals surface area contributed by atoms with Crippen LogP contribution in [0.1, 0.15) is 30.9 Å². The number of nitrogens with one attached hydrogen (secondary N) is 2. The van der Waals surface area contributed by atoms with Crippen LogP contribution in [0.15, 0.2) is 59.6 Å². The second kappa shape index (κ2) is 10.3. The van der Waals surface area contributed by atoms with Crippen molar-refractivity contribution in [3.8, 4) is 5.75 Å². The number of halogens is 1. The van der Waals surface area contributed by atoms with Crippen LogP contribution in [-0.4, -0.2) is 18.5 Å². The molecule has 0 unspecified atom stereocenters. The summed E-state index contributed by atoms with van der Waals surface area (Å²) < 4.78 is 5.88. The molecule has 1 fully saturated rings. The van der Waals surface area contributed by atoms with Gasteiger partial charge in [-0.25, -0.2) is 4.99 Å². The first-order valence-electron chi connectivity index (χ1n) is 8.64. The Kier molecular flexibility index (Phi) is 8.04. The molecule has 0 heterocycles. The van der Waals surface area contributed by atoms with Crippen LogP contribution in [0.25, 0.3) is 0 Å². The van der Waals surface area contributed by atoms with Gasteiger partial charge in [-0.05, 0) is 43.0 Å². The number of nitrogens with zero attached hydrogens (tertiary/aromatic N) is 1. The van der Waals surface area contributed by atoms with Crippen molar-refractivity contribution in [1.82, 2.24) is 10.6 Å². The lowest BCUT2D eigenvalue weighted by Crippen LogP contribution is -2.38. The quantitative estimate of drug-likeness (QED) is 0.379. The highest BCUT2D eigenvalue weighted by Crippen LogP contribution is 2.19. The molecule has 2 N–H and O–H groups in total. The lowest BCUT2D eigenvalue weighted by Gasteiger charge is -2.12. The summed E-state index contributed by atoms with van der Waals surface area (Å²) in [6, 6.07) is 18.8. The van der Waals surface area contributed by atoms with E-state index in [-0.39, 0.29) is 24.0 Å². The number of para-hydroxylation sites is 1. The van der Waals surface area contributed by atoms with Gasteiger partial charge in [-0.1, -0.05) is 42.5 Å². The number of hydrogen-bond acceptors (Lipinski definition) is 2. The molecular weight excluding hydrogens is 425 g/mol. The van der Waals surface area contributed by atoms with Gasteiger partial charge >= 0.3 is 0 Å². The Balaban J connectivity index is 0.00000225. The SMILES string of the molecule is CCNC(=NCc1ccccc1COc1ccccc1)NC1CC1.I. The van der Waals surface area contributed by atoms with E-state index in [2.05, 4.69) is 35.8 Å². The summed E-state index contributed by atoms with van der Waals surface area (Å²) in [6.07, 6.45) is 2.48. The molecular formula is C20H26IN3O. The summed E-state index contributed by atoms with van der Waals surface area (Å²) in [7, 11) is 0.